The van der Waals surface area contributed by atoms with Crippen LogP contribution in [0.25, 0.3) is 0 Å². The predicted molar refractivity (Wildman–Crippen MR) is 111 cm³/mol. The van der Waals surface area contributed by atoms with E-state index in [9.17, 15) is 0 Å². The van der Waals surface area contributed by atoms with Crippen molar-refractivity contribution in [2.24, 2.45) is 0 Å². The van der Waals surface area contributed by atoms with Gasteiger partial charge in [-0.25, -0.2) is 0 Å². The molecule has 26 heavy (non-hydrogen) atoms. The van der Waals surface area contributed by atoms with Gasteiger partial charge < -0.3 is 16.2 Å². The van der Waals surface area contributed by atoms with E-state index in [0.29, 0.717) is 17.4 Å². The van der Waals surface area contributed by atoms with E-state index in [-0.39, 0.29) is 6.10 Å². The molecule has 0 aromatic heterocycles. The summed E-state index contributed by atoms with van der Waals surface area (Å²) < 4.78 is 6.25. The first-order chi connectivity index (χ1) is 12.5. The van der Waals surface area contributed by atoms with Crippen molar-refractivity contribution >= 4 is 23.1 Å². The normalized spacial score (nSPS) is 17.6. The fourth-order valence-corrected chi connectivity index (χ4v) is 4.21. The topological polar surface area (TPSA) is 64.5 Å². The van der Waals surface area contributed by atoms with Crippen molar-refractivity contribution in [3.8, 4) is 5.75 Å². The van der Waals surface area contributed by atoms with Gasteiger partial charge in [-0.15, -0.1) is 0 Å². The number of hydrogen-bond acceptors (Lipinski definition) is 5. The van der Waals surface area contributed by atoms with Crippen molar-refractivity contribution in [2.75, 3.05) is 24.6 Å². The maximum atomic E-state index is 6.25. The molecule has 140 valence electrons. The summed E-state index contributed by atoms with van der Waals surface area (Å²) in [6, 6.07) is 14.4. The minimum atomic E-state index is 0.153. The Morgan fingerprint density at radius 1 is 0.923 bits per heavy atom. The van der Waals surface area contributed by atoms with E-state index in [1.54, 1.807) is 11.8 Å². The Kier molecular flexibility index (Phi) is 6.33. The lowest BCUT2D eigenvalue weighted by Gasteiger charge is -2.35. The van der Waals surface area contributed by atoms with Gasteiger partial charge in [0.2, 0.25) is 0 Å². The largest absolute Gasteiger partial charge is 0.489 e. The lowest BCUT2D eigenvalue weighted by Crippen LogP contribution is -2.45. The molecule has 3 rings (SSSR count). The second-order valence-electron chi connectivity index (χ2n) is 7.03. The Bertz CT molecular complexity index is 731. The highest BCUT2D eigenvalue weighted by atomic mass is 32.2. The third kappa shape index (κ3) is 4.86. The van der Waals surface area contributed by atoms with Gasteiger partial charge in [-0.3, -0.25) is 4.90 Å². The Morgan fingerprint density at radius 2 is 1.65 bits per heavy atom. The molecular weight excluding hydrogens is 342 g/mol. The monoisotopic (exact) mass is 371 g/mol. The molecule has 5 heteroatoms. The average Bonchev–Trinajstić information content (AvgIpc) is 2.65. The Hall–Kier alpha value is -1.85. The first-order valence-corrected chi connectivity index (χ1v) is 10.2. The number of piperidine rings is 1. The SMILES string of the molecule is CC(Oc1cccc(Sc2ccc(N)c(N)c2)c1)C(C)N1CCCCC1. The fraction of sp³-hybridized carbons (Fsp3) is 0.429. The Labute approximate surface area is 160 Å². The van der Waals surface area contributed by atoms with Crippen molar-refractivity contribution in [1.82, 2.24) is 4.90 Å². The average molecular weight is 372 g/mol. The number of anilines is 2. The summed E-state index contributed by atoms with van der Waals surface area (Å²) in [5.74, 6) is 0.912. The third-order valence-corrected chi connectivity index (χ3v) is 6.05. The number of likely N-dealkylation sites (tertiary alicyclic amines) is 1. The molecule has 2 unspecified atom stereocenters. The highest BCUT2D eigenvalue weighted by Crippen LogP contribution is 2.33. The van der Waals surface area contributed by atoms with Gasteiger partial charge in [0.05, 0.1) is 11.4 Å². The molecule has 1 fully saturated rings. The maximum Gasteiger partial charge on any atom is 0.120 e. The van der Waals surface area contributed by atoms with Gasteiger partial charge in [-0.1, -0.05) is 24.2 Å². The first kappa shape index (κ1) is 18.9. The van der Waals surface area contributed by atoms with Crippen LogP contribution in [0.15, 0.2) is 52.3 Å². The standard InChI is InChI=1S/C21H29N3OS/c1-15(24-11-4-3-5-12-24)16(2)25-17-7-6-8-18(13-17)26-19-9-10-20(22)21(23)14-19/h6-10,13-16H,3-5,11-12,22-23H2,1-2H3. The summed E-state index contributed by atoms with van der Waals surface area (Å²) in [5, 5.41) is 0. The van der Waals surface area contributed by atoms with Gasteiger partial charge in [-0.2, -0.15) is 0 Å². The van der Waals surface area contributed by atoms with Crippen LogP contribution in [0.1, 0.15) is 33.1 Å². The molecule has 1 heterocycles. The lowest BCUT2D eigenvalue weighted by atomic mass is 10.1. The van der Waals surface area contributed by atoms with E-state index in [1.165, 1.54) is 32.4 Å². The first-order valence-electron chi connectivity index (χ1n) is 9.36. The van der Waals surface area contributed by atoms with Crippen LogP contribution in [0.5, 0.6) is 5.75 Å². The van der Waals surface area contributed by atoms with E-state index < -0.39 is 0 Å². The molecule has 0 radical (unpaired) electrons. The van der Waals surface area contributed by atoms with E-state index >= 15 is 0 Å². The van der Waals surface area contributed by atoms with Gasteiger partial charge in [0.25, 0.3) is 0 Å². The number of nitrogens with two attached hydrogens (primary N) is 2. The number of nitrogens with zero attached hydrogens (tertiary/aromatic N) is 1. The fourth-order valence-electron chi connectivity index (χ4n) is 3.30. The molecular formula is C21H29N3OS. The summed E-state index contributed by atoms with van der Waals surface area (Å²) in [5.41, 5.74) is 12.9. The van der Waals surface area contributed by atoms with Gasteiger partial charge in [0.1, 0.15) is 11.9 Å². The zero-order chi connectivity index (χ0) is 18.5. The number of hydrogen-bond donors (Lipinski definition) is 2. The van der Waals surface area contributed by atoms with E-state index in [4.69, 9.17) is 16.2 Å². The van der Waals surface area contributed by atoms with Crippen molar-refractivity contribution in [3.63, 3.8) is 0 Å². The second-order valence-corrected chi connectivity index (χ2v) is 8.17. The molecule has 0 bridgehead atoms. The van der Waals surface area contributed by atoms with E-state index in [1.807, 2.05) is 30.3 Å². The lowest BCUT2D eigenvalue weighted by molar-refractivity contribution is 0.0738. The molecule has 0 saturated carbocycles. The molecule has 4 N–H and O–H groups in total. The molecule has 1 saturated heterocycles. The van der Waals surface area contributed by atoms with Gasteiger partial charge in [-0.05, 0) is 76.2 Å². The zero-order valence-corrected chi connectivity index (χ0v) is 16.5. The Balaban J connectivity index is 1.63. The quantitative estimate of drug-likeness (QED) is 0.724. The molecule has 0 spiro atoms. The minimum Gasteiger partial charge on any atom is -0.489 e. The van der Waals surface area contributed by atoms with E-state index in [2.05, 4.69) is 30.9 Å². The number of nitrogen functional groups attached to an aromatic ring is 2. The van der Waals surface area contributed by atoms with Gasteiger partial charge in [0.15, 0.2) is 0 Å². The smallest absolute Gasteiger partial charge is 0.120 e. The number of benzene rings is 2. The van der Waals surface area contributed by atoms with Crippen LogP contribution < -0.4 is 16.2 Å². The molecule has 1 aliphatic heterocycles. The molecule has 2 aromatic rings. The molecule has 2 atom stereocenters. The van der Waals surface area contributed by atoms with Crippen LogP contribution in [0, 0.1) is 0 Å². The summed E-state index contributed by atoms with van der Waals surface area (Å²) in [6.07, 6.45) is 4.11. The van der Waals surface area contributed by atoms with Crippen LogP contribution >= 0.6 is 11.8 Å². The minimum absolute atomic E-state index is 0.153. The molecule has 1 aliphatic rings. The van der Waals surface area contributed by atoms with Gasteiger partial charge >= 0.3 is 0 Å². The van der Waals surface area contributed by atoms with E-state index in [0.717, 1.165) is 15.5 Å². The van der Waals surface area contributed by atoms with Crippen LogP contribution in [0.4, 0.5) is 11.4 Å². The van der Waals surface area contributed by atoms with Gasteiger partial charge in [0, 0.05) is 15.8 Å². The van der Waals surface area contributed by atoms with Crippen molar-refractivity contribution < 1.29 is 4.74 Å². The maximum absolute atomic E-state index is 6.25. The third-order valence-electron chi connectivity index (χ3n) is 5.07. The van der Waals surface area contributed by atoms with Crippen LogP contribution in [-0.2, 0) is 0 Å². The van der Waals surface area contributed by atoms with Crippen LogP contribution in [0.2, 0.25) is 0 Å². The summed E-state index contributed by atoms with van der Waals surface area (Å²) >= 11 is 1.66. The van der Waals surface area contributed by atoms with Crippen molar-refractivity contribution in [1.29, 1.82) is 0 Å². The van der Waals surface area contributed by atoms with Crippen LogP contribution in [0.3, 0.4) is 0 Å². The molecule has 4 nitrogen and oxygen atoms in total. The number of ether oxygens (including phenoxy) is 1. The highest BCUT2D eigenvalue weighted by molar-refractivity contribution is 7.99. The zero-order valence-electron chi connectivity index (χ0n) is 15.7. The summed E-state index contributed by atoms with van der Waals surface area (Å²) in [6.45, 7) is 6.80. The Morgan fingerprint density at radius 3 is 2.38 bits per heavy atom. The molecule has 2 aromatic carbocycles. The highest BCUT2D eigenvalue weighted by Gasteiger charge is 2.23. The second kappa shape index (κ2) is 8.69. The molecule has 0 aliphatic carbocycles. The van der Waals surface area contributed by atoms with Crippen LogP contribution in [-0.4, -0.2) is 30.1 Å². The summed E-state index contributed by atoms with van der Waals surface area (Å²) in [4.78, 5) is 4.75. The molecule has 0 amide bonds. The predicted octanol–water partition coefficient (Wildman–Crippen LogP) is 4.64. The number of rotatable bonds is 6. The van der Waals surface area contributed by atoms with Crippen molar-refractivity contribution in [2.45, 2.75) is 55.0 Å². The van der Waals surface area contributed by atoms with Crippen molar-refractivity contribution in [3.05, 3.63) is 42.5 Å². The summed E-state index contributed by atoms with van der Waals surface area (Å²) in [7, 11) is 0.